The van der Waals surface area contributed by atoms with E-state index in [1.807, 2.05) is 62.4 Å². The minimum Gasteiger partial charge on any atom is -0.355 e. The molecule has 3 rings (SSSR count). The maximum atomic E-state index is 13.0. The molecule has 1 unspecified atom stereocenters. The Hall–Kier alpha value is -2.86. The van der Waals surface area contributed by atoms with Crippen molar-refractivity contribution in [2.75, 3.05) is 6.54 Å². The number of nitrogens with one attached hydrogen (secondary N) is 1. The van der Waals surface area contributed by atoms with Crippen LogP contribution in [0.1, 0.15) is 35.7 Å². The Balaban J connectivity index is 1.68. The Morgan fingerprint density at radius 1 is 1.06 bits per heavy atom. The molecule has 1 atom stereocenters. The van der Waals surface area contributed by atoms with Gasteiger partial charge in [-0.05, 0) is 30.9 Å². The van der Waals surface area contributed by atoms with Gasteiger partial charge in [0.2, 0.25) is 5.91 Å². The van der Waals surface area contributed by atoms with Crippen molar-refractivity contribution in [1.29, 1.82) is 0 Å². The van der Waals surface area contributed by atoms with Crippen LogP contribution in [0.4, 0.5) is 0 Å². The summed E-state index contributed by atoms with van der Waals surface area (Å²) in [4.78, 5) is 30.4. The normalized spacial score (nSPS) is 11.8. The quantitative estimate of drug-likeness (QED) is 0.409. The molecule has 0 radical (unpaired) electrons. The monoisotopic (exact) mass is 435 g/mol. The third-order valence-corrected chi connectivity index (χ3v) is 6.65. The molecule has 6 heteroatoms. The van der Waals surface area contributed by atoms with Gasteiger partial charge in [-0.25, -0.2) is 4.98 Å². The van der Waals surface area contributed by atoms with Crippen molar-refractivity contribution in [1.82, 2.24) is 14.9 Å². The summed E-state index contributed by atoms with van der Waals surface area (Å²) in [6, 6.07) is 20.0. The van der Waals surface area contributed by atoms with Crippen LogP contribution in [0.15, 0.2) is 70.6 Å². The molecule has 31 heavy (non-hydrogen) atoms. The van der Waals surface area contributed by atoms with Gasteiger partial charge in [-0.1, -0.05) is 79.3 Å². The second kappa shape index (κ2) is 11.0. The van der Waals surface area contributed by atoms with Crippen LogP contribution in [0.25, 0.3) is 0 Å². The molecule has 0 aliphatic rings. The maximum Gasteiger partial charge on any atom is 0.257 e. The van der Waals surface area contributed by atoms with E-state index in [0.717, 1.165) is 12.0 Å². The van der Waals surface area contributed by atoms with Crippen molar-refractivity contribution in [3.05, 3.63) is 93.4 Å². The number of benzene rings is 2. The van der Waals surface area contributed by atoms with Crippen LogP contribution < -0.4 is 10.9 Å². The SMILES string of the molecule is CCC(Sc1nc(C)c(Cc2ccccc2)c(=O)n1C)C(=O)NCCc1ccccc1. The Morgan fingerprint density at radius 3 is 2.29 bits per heavy atom. The number of aryl methyl sites for hydroxylation is 1. The second-order valence-electron chi connectivity index (χ2n) is 7.53. The van der Waals surface area contributed by atoms with Gasteiger partial charge >= 0.3 is 0 Å². The van der Waals surface area contributed by atoms with Crippen LogP contribution in [0, 0.1) is 6.92 Å². The van der Waals surface area contributed by atoms with Gasteiger partial charge in [0, 0.05) is 31.3 Å². The fraction of sp³-hybridized carbons (Fsp3) is 0.320. The van der Waals surface area contributed by atoms with E-state index in [-0.39, 0.29) is 16.7 Å². The standard InChI is InChI=1S/C25H29N3O2S/c1-4-22(23(29)26-16-15-19-11-7-5-8-12-19)31-25-27-18(2)21(24(30)28(25)3)17-20-13-9-6-10-14-20/h5-14,22H,4,15-17H2,1-3H3,(H,26,29). The molecular formula is C25H29N3O2S. The molecule has 0 spiro atoms. The topological polar surface area (TPSA) is 64.0 Å². The lowest BCUT2D eigenvalue weighted by molar-refractivity contribution is -0.120. The molecule has 2 aromatic carbocycles. The number of amides is 1. The number of nitrogens with zero attached hydrogens (tertiary/aromatic N) is 2. The van der Waals surface area contributed by atoms with Crippen molar-refractivity contribution in [3.8, 4) is 0 Å². The molecule has 0 fully saturated rings. The molecular weight excluding hydrogens is 406 g/mol. The molecule has 0 saturated heterocycles. The first-order valence-corrected chi connectivity index (χ1v) is 11.5. The van der Waals surface area contributed by atoms with E-state index in [4.69, 9.17) is 0 Å². The van der Waals surface area contributed by atoms with Gasteiger partial charge in [0.25, 0.3) is 5.56 Å². The van der Waals surface area contributed by atoms with E-state index < -0.39 is 0 Å². The second-order valence-corrected chi connectivity index (χ2v) is 8.70. The number of hydrogen-bond acceptors (Lipinski definition) is 4. The highest BCUT2D eigenvalue weighted by Gasteiger charge is 2.21. The Kier molecular flexibility index (Phi) is 8.06. The van der Waals surface area contributed by atoms with Crippen molar-refractivity contribution in [3.63, 3.8) is 0 Å². The van der Waals surface area contributed by atoms with E-state index in [9.17, 15) is 9.59 Å². The van der Waals surface area contributed by atoms with Crippen LogP contribution in [0.2, 0.25) is 0 Å². The number of thioether (sulfide) groups is 1. The zero-order valence-electron chi connectivity index (χ0n) is 18.3. The molecule has 0 bridgehead atoms. The van der Waals surface area contributed by atoms with Gasteiger partial charge in [0.05, 0.1) is 5.25 Å². The average Bonchev–Trinajstić information content (AvgIpc) is 2.79. The minimum atomic E-state index is -0.298. The summed E-state index contributed by atoms with van der Waals surface area (Å²) in [6.07, 6.45) is 1.99. The first-order valence-electron chi connectivity index (χ1n) is 10.6. The minimum absolute atomic E-state index is 0.0244. The molecule has 1 heterocycles. The molecule has 0 aliphatic carbocycles. The summed E-state index contributed by atoms with van der Waals surface area (Å²) < 4.78 is 1.57. The summed E-state index contributed by atoms with van der Waals surface area (Å²) >= 11 is 1.35. The third-order valence-electron chi connectivity index (χ3n) is 5.24. The van der Waals surface area contributed by atoms with Crippen molar-refractivity contribution in [2.45, 2.75) is 43.5 Å². The highest BCUT2D eigenvalue weighted by Crippen LogP contribution is 2.24. The van der Waals surface area contributed by atoms with Crippen LogP contribution in [-0.4, -0.2) is 27.3 Å². The predicted octanol–water partition coefficient (Wildman–Crippen LogP) is 3.91. The maximum absolute atomic E-state index is 13.0. The number of rotatable bonds is 9. The van der Waals surface area contributed by atoms with Crippen molar-refractivity contribution >= 4 is 17.7 Å². The fourth-order valence-electron chi connectivity index (χ4n) is 3.38. The summed E-state index contributed by atoms with van der Waals surface area (Å²) in [5, 5.41) is 3.30. The molecule has 1 N–H and O–H groups in total. The van der Waals surface area contributed by atoms with Gasteiger partial charge in [-0.3, -0.25) is 14.2 Å². The first-order chi connectivity index (χ1) is 15.0. The highest BCUT2D eigenvalue weighted by molar-refractivity contribution is 8.00. The zero-order chi connectivity index (χ0) is 22.2. The molecule has 3 aromatic rings. The van der Waals surface area contributed by atoms with Crippen molar-refractivity contribution < 1.29 is 4.79 Å². The van der Waals surface area contributed by atoms with Crippen LogP contribution in [0.3, 0.4) is 0 Å². The number of aromatic nitrogens is 2. The molecule has 1 amide bonds. The molecule has 0 saturated carbocycles. The highest BCUT2D eigenvalue weighted by atomic mass is 32.2. The van der Waals surface area contributed by atoms with Gasteiger partial charge in [0.1, 0.15) is 0 Å². The molecule has 162 valence electrons. The van der Waals surface area contributed by atoms with Crippen LogP contribution >= 0.6 is 11.8 Å². The average molecular weight is 436 g/mol. The summed E-state index contributed by atoms with van der Waals surface area (Å²) in [6.45, 7) is 4.43. The summed E-state index contributed by atoms with van der Waals surface area (Å²) in [7, 11) is 1.73. The summed E-state index contributed by atoms with van der Waals surface area (Å²) in [5.41, 5.74) is 3.62. The Morgan fingerprint density at radius 2 is 1.68 bits per heavy atom. The van der Waals surface area contributed by atoms with Crippen molar-refractivity contribution in [2.24, 2.45) is 7.05 Å². The lowest BCUT2D eigenvalue weighted by Gasteiger charge is -2.17. The lowest BCUT2D eigenvalue weighted by Crippen LogP contribution is -2.34. The predicted molar refractivity (Wildman–Crippen MR) is 127 cm³/mol. The van der Waals surface area contributed by atoms with Gasteiger partial charge in [-0.2, -0.15) is 0 Å². The third kappa shape index (κ3) is 6.07. The van der Waals surface area contributed by atoms with Gasteiger partial charge in [0.15, 0.2) is 5.16 Å². The van der Waals surface area contributed by atoms with E-state index >= 15 is 0 Å². The largest absolute Gasteiger partial charge is 0.355 e. The Labute approximate surface area is 187 Å². The number of hydrogen-bond donors (Lipinski definition) is 1. The molecule has 5 nitrogen and oxygen atoms in total. The smallest absolute Gasteiger partial charge is 0.257 e. The van der Waals surface area contributed by atoms with E-state index in [1.165, 1.54) is 17.3 Å². The Bertz CT molecular complexity index is 1070. The fourth-order valence-corrected chi connectivity index (χ4v) is 4.42. The first kappa shape index (κ1) is 22.8. The van der Waals surface area contributed by atoms with Crippen LogP contribution in [0.5, 0.6) is 0 Å². The van der Waals surface area contributed by atoms with Gasteiger partial charge < -0.3 is 5.32 Å². The van der Waals surface area contributed by atoms with E-state index in [1.54, 1.807) is 11.6 Å². The van der Waals surface area contributed by atoms with E-state index in [0.29, 0.717) is 35.8 Å². The lowest BCUT2D eigenvalue weighted by atomic mass is 10.1. The zero-order valence-corrected chi connectivity index (χ0v) is 19.1. The molecule has 0 aliphatic heterocycles. The van der Waals surface area contributed by atoms with E-state index in [2.05, 4.69) is 22.4 Å². The summed E-state index contributed by atoms with van der Waals surface area (Å²) in [5.74, 6) is -0.0244. The molecule has 1 aromatic heterocycles. The number of carbonyl (C=O) groups excluding carboxylic acids is 1. The van der Waals surface area contributed by atoms with Gasteiger partial charge in [-0.15, -0.1) is 0 Å². The number of carbonyl (C=O) groups is 1. The van der Waals surface area contributed by atoms with Crippen LogP contribution in [-0.2, 0) is 24.7 Å².